The molecule has 1 aliphatic heterocycles. The Morgan fingerprint density at radius 1 is 1.18 bits per heavy atom. The highest BCUT2D eigenvalue weighted by Crippen LogP contribution is 2.31. The smallest absolute Gasteiger partial charge is 0.315 e. The molecule has 5 nitrogen and oxygen atoms in total. The van der Waals surface area contributed by atoms with Crippen LogP contribution in [0.1, 0.15) is 30.4 Å². The van der Waals surface area contributed by atoms with Crippen molar-refractivity contribution in [2.24, 2.45) is 5.92 Å². The molecule has 0 aromatic heterocycles. The summed E-state index contributed by atoms with van der Waals surface area (Å²) >= 11 is 0. The summed E-state index contributed by atoms with van der Waals surface area (Å²) in [7, 11) is 0. The topological polar surface area (TPSA) is 64.6 Å². The number of aliphatic hydroxyl groups excluding tert-OH is 1. The molecule has 2 fully saturated rings. The highest BCUT2D eigenvalue weighted by atomic mass is 16.3. The Balaban J connectivity index is 1.37. The third kappa shape index (κ3) is 3.99. The zero-order valence-electron chi connectivity index (χ0n) is 12.9. The van der Waals surface area contributed by atoms with Crippen molar-refractivity contribution in [1.29, 1.82) is 0 Å². The molecule has 22 heavy (non-hydrogen) atoms. The average molecular weight is 303 g/mol. The first-order valence-corrected chi connectivity index (χ1v) is 8.19. The van der Waals surface area contributed by atoms with Crippen LogP contribution >= 0.6 is 0 Å². The Labute approximate surface area is 131 Å². The Bertz CT molecular complexity index is 516. The van der Waals surface area contributed by atoms with Crippen LogP contribution in [0, 0.1) is 5.92 Å². The molecule has 0 radical (unpaired) electrons. The second-order valence-corrected chi connectivity index (χ2v) is 6.37. The number of urea groups is 1. The van der Waals surface area contributed by atoms with Gasteiger partial charge in [0.15, 0.2) is 0 Å². The van der Waals surface area contributed by atoms with Crippen LogP contribution in [0.4, 0.5) is 4.79 Å². The van der Waals surface area contributed by atoms with E-state index in [1.54, 1.807) is 0 Å². The van der Waals surface area contributed by atoms with Crippen molar-refractivity contribution in [2.75, 3.05) is 19.6 Å². The molecule has 1 aliphatic carbocycles. The second-order valence-electron chi connectivity index (χ2n) is 6.37. The van der Waals surface area contributed by atoms with Crippen molar-refractivity contribution in [3.8, 4) is 0 Å². The zero-order valence-corrected chi connectivity index (χ0v) is 12.9. The van der Waals surface area contributed by atoms with Crippen LogP contribution in [0.25, 0.3) is 0 Å². The molecule has 120 valence electrons. The van der Waals surface area contributed by atoms with Crippen molar-refractivity contribution >= 4 is 6.03 Å². The molecule has 1 aromatic rings. The largest absolute Gasteiger partial charge is 0.392 e. The number of likely N-dealkylation sites (tertiary alicyclic amines) is 1. The number of benzene rings is 1. The van der Waals surface area contributed by atoms with Crippen LogP contribution in [0.5, 0.6) is 0 Å². The van der Waals surface area contributed by atoms with Gasteiger partial charge in [-0.15, -0.1) is 0 Å². The maximum atomic E-state index is 11.9. The van der Waals surface area contributed by atoms with Gasteiger partial charge in [0, 0.05) is 25.7 Å². The van der Waals surface area contributed by atoms with Gasteiger partial charge in [-0.3, -0.25) is 0 Å². The maximum Gasteiger partial charge on any atom is 0.315 e. The summed E-state index contributed by atoms with van der Waals surface area (Å²) < 4.78 is 0. The van der Waals surface area contributed by atoms with Gasteiger partial charge in [0.1, 0.15) is 0 Å². The van der Waals surface area contributed by atoms with E-state index >= 15 is 0 Å². The number of aliphatic hydroxyl groups is 1. The van der Waals surface area contributed by atoms with E-state index in [2.05, 4.69) is 15.5 Å². The molecule has 5 heteroatoms. The molecule has 2 amide bonds. The number of rotatable bonds is 6. The summed E-state index contributed by atoms with van der Waals surface area (Å²) in [5.74, 6) is 0.580. The van der Waals surface area contributed by atoms with Gasteiger partial charge in [0.25, 0.3) is 0 Å². The molecule has 1 aromatic carbocycles. The molecule has 2 aliphatic rings. The van der Waals surface area contributed by atoms with E-state index in [1.807, 2.05) is 24.3 Å². The Kier molecular flexibility index (Phi) is 4.95. The second kappa shape index (κ2) is 7.11. The van der Waals surface area contributed by atoms with E-state index < -0.39 is 0 Å². The summed E-state index contributed by atoms with van der Waals surface area (Å²) in [5.41, 5.74) is 1.82. The molecule has 3 rings (SSSR count). The molecule has 1 saturated heterocycles. The van der Waals surface area contributed by atoms with Crippen molar-refractivity contribution in [3.63, 3.8) is 0 Å². The van der Waals surface area contributed by atoms with Gasteiger partial charge in [-0.05, 0) is 42.9 Å². The first-order valence-electron chi connectivity index (χ1n) is 8.19. The highest BCUT2D eigenvalue weighted by Gasteiger charge is 2.34. The molecule has 1 unspecified atom stereocenters. The summed E-state index contributed by atoms with van der Waals surface area (Å²) in [6.45, 7) is 3.50. The Morgan fingerprint density at radius 2 is 1.95 bits per heavy atom. The van der Waals surface area contributed by atoms with Gasteiger partial charge in [0.05, 0.1) is 6.61 Å². The number of hydrogen-bond acceptors (Lipinski definition) is 3. The van der Waals surface area contributed by atoms with E-state index in [9.17, 15) is 9.90 Å². The lowest BCUT2D eigenvalue weighted by Gasteiger charge is -2.15. The van der Waals surface area contributed by atoms with E-state index in [4.69, 9.17) is 0 Å². The number of nitrogens with zero attached hydrogens (tertiary/aromatic N) is 1. The number of carbonyl (C=O) groups excluding carboxylic acids is 1. The standard InChI is InChI=1S/C17H25N3O2/c21-12-15-4-2-1-3-14(15)10-19-17(22)18-9-13-7-8-20(11-13)16-5-6-16/h1-4,13,16,21H,5-12H2,(H2,18,19,22). The molecule has 3 N–H and O–H groups in total. The first kappa shape index (κ1) is 15.3. The van der Waals surface area contributed by atoms with Crippen molar-refractivity contribution in [2.45, 2.75) is 38.5 Å². The predicted molar refractivity (Wildman–Crippen MR) is 85.3 cm³/mol. The maximum absolute atomic E-state index is 11.9. The van der Waals surface area contributed by atoms with Crippen LogP contribution in [0.15, 0.2) is 24.3 Å². The van der Waals surface area contributed by atoms with Crippen molar-refractivity contribution in [3.05, 3.63) is 35.4 Å². The summed E-state index contributed by atoms with van der Waals surface area (Å²) in [5, 5.41) is 15.1. The van der Waals surface area contributed by atoms with Gasteiger partial charge in [-0.25, -0.2) is 4.79 Å². The fourth-order valence-electron chi connectivity index (χ4n) is 3.16. The summed E-state index contributed by atoms with van der Waals surface area (Å²) in [4.78, 5) is 14.5. The third-order valence-corrected chi connectivity index (χ3v) is 4.66. The van der Waals surface area contributed by atoms with Gasteiger partial charge >= 0.3 is 6.03 Å². The van der Waals surface area contributed by atoms with Crippen LogP contribution in [0.3, 0.4) is 0 Å². The lowest BCUT2D eigenvalue weighted by molar-refractivity contribution is 0.237. The average Bonchev–Trinajstić information content (AvgIpc) is 3.30. The molecular weight excluding hydrogens is 278 g/mol. The van der Waals surface area contributed by atoms with E-state index in [0.717, 1.165) is 30.3 Å². The molecule has 0 spiro atoms. The molecule has 1 saturated carbocycles. The van der Waals surface area contributed by atoms with Crippen LogP contribution in [-0.2, 0) is 13.2 Å². The number of amides is 2. The Hall–Kier alpha value is -1.59. The van der Waals surface area contributed by atoms with E-state index in [0.29, 0.717) is 12.5 Å². The minimum atomic E-state index is -0.127. The van der Waals surface area contributed by atoms with Crippen molar-refractivity contribution < 1.29 is 9.90 Å². The predicted octanol–water partition coefficient (Wildman–Crippen LogP) is 1.46. The van der Waals surface area contributed by atoms with Gasteiger partial charge in [-0.2, -0.15) is 0 Å². The number of nitrogens with one attached hydrogen (secondary N) is 2. The SMILES string of the molecule is O=C(NCc1ccccc1CO)NCC1CCN(C2CC2)C1. The monoisotopic (exact) mass is 303 g/mol. The zero-order chi connectivity index (χ0) is 15.4. The Morgan fingerprint density at radius 3 is 2.68 bits per heavy atom. The summed E-state index contributed by atoms with van der Waals surface area (Å²) in [6.07, 6.45) is 3.89. The van der Waals surface area contributed by atoms with E-state index in [1.165, 1.54) is 25.8 Å². The minimum Gasteiger partial charge on any atom is -0.392 e. The van der Waals surface area contributed by atoms with Gasteiger partial charge in [0.2, 0.25) is 0 Å². The number of hydrogen-bond donors (Lipinski definition) is 3. The molecule has 1 atom stereocenters. The van der Waals surface area contributed by atoms with Crippen LogP contribution in [0.2, 0.25) is 0 Å². The fourth-order valence-corrected chi connectivity index (χ4v) is 3.16. The van der Waals surface area contributed by atoms with Crippen LogP contribution in [-0.4, -0.2) is 41.7 Å². The van der Waals surface area contributed by atoms with Gasteiger partial charge < -0.3 is 20.6 Å². The highest BCUT2D eigenvalue weighted by molar-refractivity contribution is 5.73. The normalized spacial score (nSPS) is 21.8. The van der Waals surface area contributed by atoms with Crippen molar-refractivity contribution in [1.82, 2.24) is 15.5 Å². The summed E-state index contributed by atoms with van der Waals surface area (Å²) in [6, 6.07) is 8.31. The molecule has 1 heterocycles. The quantitative estimate of drug-likeness (QED) is 0.745. The third-order valence-electron chi connectivity index (χ3n) is 4.66. The molecule has 0 bridgehead atoms. The minimum absolute atomic E-state index is 0.00144. The fraction of sp³-hybridized carbons (Fsp3) is 0.588. The first-order chi connectivity index (χ1) is 10.8. The van der Waals surface area contributed by atoms with E-state index in [-0.39, 0.29) is 12.6 Å². The number of carbonyl (C=O) groups is 1. The lowest BCUT2D eigenvalue weighted by atomic mass is 10.1. The molecular formula is C17H25N3O2. The van der Waals surface area contributed by atoms with Crippen LogP contribution < -0.4 is 10.6 Å². The van der Waals surface area contributed by atoms with Gasteiger partial charge in [-0.1, -0.05) is 24.3 Å². The lowest BCUT2D eigenvalue weighted by Crippen LogP contribution is -2.38.